The van der Waals surface area contributed by atoms with E-state index in [-0.39, 0.29) is 50.6 Å². The molecule has 268 valence electrons. The summed E-state index contributed by atoms with van der Waals surface area (Å²) >= 11 is 7.60. The number of thioether (sulfide) groups is 1. The number of anilines is 2. The first kappa shape index (κ1) is 38.2. The highest BCUT2D eigenvalue weighted by Gasteiger charge is 2.19. The molecule has 0 saturated heterocycles. The van der Waals surface area contributed by atoms with Crippen molar-refractivity contribution < 1.29 is 31.6 Å². The first-order valence-electron chi connectivity index (χ1n) is 16.1. The van der Waals surface area contributed by atoms with Gasteiger partial charge in [-0.25, -0.2) is 22.8 Å². The first-order chi connectivity index (χ1) is 24.5. The molecule has 1 N–H and O–H groups in total. The zero-order valence-corrected chi connectivity index (χ0v) is 31.4. The molecule has 1 amide bonds. The van der Waals surface area contributed by atoms with Gasteiger partial charge in [0.15, 0.2) is 5.52 Å². The maximum atomic E-state index is 13.5. The molecule has 51 heavy (non-hydrogen) atoms. The average molecular weight is 771 g/mol. The Morgan fingerprint density at radius 3 is 2.69 bits per heavy atom. The van der Waals surface area contributed by atoms with E-state index in [1.54, 1.807) is 42.5 Å². The van der Waals surface area contributed by atoms with Gasteiger partial charge < -0.3 is 19.4 Å². The molecule has 3 aromatic carbocycles. The Hall–Kier alpha value is -4.03. The number of furan rings is 1. The first-order valence-corrected chi connectivity index (χ1v) is 20.7. The van der Waals surface area contributed by atoms with E-state index in [1.165, 1.54) is 23.4 Å². The van der Waals surface area contributed by atoms with Gasteiger partial charge in [-0.1, -0.05) is 51.0 Å². The van der Waals surface area contributed by atoms with Gasteiger partial charge in [0.2, 0.25) is 0 Å². The fourth-order valence-electron chi connectivity index (χ4n) is 5.02. The largest absolute Gasteiger partial charge is 0.487 e. The number of aromatic nitrogens is 2. The third kappa shape index (κ3) is 11.5. The molecule has 0 radical (unpaired) electrons. The zero-order valence-electron chi connectivity index (χ0n) is 28.0. The molecule has 0 bridgehead atoms. The van der Waals surface area contributed by atoms with E-state index in [1.807, 2.05) is 25.1 Å². The van der Waals surface area contributed by atoms with Gasteiger partial charge in [0.1, 0.15) is 51.7 Å². The van der Waals surface area contributed by atoms with Crippen molar-refractivity contribution in [3.8, 4) is 17.1 Å². The van der Waals surface area contributed by atoms with Gasteiger partial charge in [-0.15, -0.1) is 0 Å². The van der Waals surface area contributed by atoms with Crippen molar-refractivity contribution in [2.24, 2.45) is 0 Å². The number of halogens is 2. The van der Waals surface area contributed by atoms with E-state index in [9.17, 15) is 22.4 Å². The highest BCUT2D eigenvalue weighted by Crippen LogP contribution is 2.33. The lowest BCUT2D eigenvalue weighted by Crippen LogP contribution is -2.32. The summed E-state index contributed by atoms with van der Waals surface area (Å²) in [5.74, 6) is 1.96. The summed E-state index contributed by atoms with van der Waals surface area (Å²) in [5.41, 5.74) is 2.98. The molecule has 0 saturated carbocycles. The van der Waals surface area contributed by atoms with Gasteiger partial charge in [-0.2, -0.15) is 0 Å². The van der Waals surface area contributed by atoms with E-state index in [4.69, 9.17) is 20.8 Å². The van der Waals surface area contributed by atoms with Crippen LogP contribution >= 0.6 is 31.9 Å². The molecule has 10 nitrogen and oxygen atoms in total. The zero-order chi connectivity index (χ0) is 36.4. The van der Waals surface area contributed by atoms with Crippen LogP contribution in [0.5, 0.6) is 5.75 Å². The Bertz CT molecular complexity index is 2120. The molecule has 5 aromatic rings. The van der Waals surface area contributed by atoms with Gasteiger partial charge in [0.25, 0.3) is 5.24 Å². The predicted molar refractivity (Wildman–Crippen MR) is 204 cm³/mol. The topological polar surface area (TPSA) is 132 Å². The molecule has 5 rings (SSSR count). The summed E-state index contributed by atoms with van der Waals surface area (Å²) in [5, 5.41) is 4.10. The van der Waals surface area contributed by atoms with Crippen LogP contribution in [0.1, 0.15) is 31.1 Å². The van der Waals surface area contributed by atoms with Crippen molar-refractivity contribution in [1.29, 1.82) is 0 Å². The van der Waals surface area contributed by atoms with Crippen molar-refractivity contribution in [2.45, 2.75) is 32.9 Å². The fraction of sp³-hybridized carbons (Fsp3) is 0.278. The average Bonchev–Trinajstić information content (AvgIpc) is 3.56. The molecule has 15 heteroatoms. The lowest BCUT2D eigenvalue weighted by molar-refractivity contribution is -0.111. The second-order valence-electron chi connectivity index (χ2n) is 11.6. The maximum Gasteiger partial charge on any atom is 0.282 e. The summed E-state index contributed by atoms with van der Waals surface area (Å²) in [6.07, 6.45) is 4.43. The smallest absolute Gasteiger partial charge is 0.282 e. The summed E-state index contributed by atoms with van der Waals surface area (Å²) in [7, 11) is -3.03. The summed E-state index contributed by atoms with van der Waals surface area (Å²) in [4.78, 5) is 35.3. The molecule has 0 aliphatic heterocycles. The Kier molecular flexibility index (Phi) is 13.4. The highest BCUT2D eigenvalue weighted by atomic mass is 35.5. The predicted octanol–water partition coefficient (Wildman–Crippen LogP) is 8.71. The maximum absolute atomic E-state index is 13.5. The number of hydrogen-bond donors (Lipinski definition) is 1. The van der Waals surface area contributed by atoms with Gasteiger partial charge in [0, 0.05) is 41.6 Å². The number of sulfone groups is 1. The van der Waals surface area contributed by atoms with E-state index < -0.39 is 9.84 Å². The van der Waals surface area contributed by atoms with Crippen molar-refractivity contribution in [1.82, 2.24) is 14.9 Å². The van der Waals surface area contributed by atoms with Crippen molar-refractivity contribution >= 4 is 75.0 Å². The Morgan fingerprint density at radius 2 is 1.92 bits per heavy atom. The summed E-state index contributed by atoms with van der Waals surface area (Å²) in [6.45, 7) is 2.23. The number of carbonyl (C=O) groups is 2. The number of hydrogen-bond acceptors (Lipinski definition) is 10. The molecule has 0 fully saturated rings. The van der Waals surface area contributed by atoms with Crippen LogP contribution in [-0.2, 0) is 27.8 Å². The van der Waals surface area contributed by atoms with Crippen LogP contribution in [0.25, 0.3) is 22.2 Å². The lowest BCUT2D eigenvalue weighted by atomic mass is 10.1. The summed E-state index contributed by atoms with van der Waals surface area (Å²) in [6, 6.07) is 20.6. The van der Waals surface area contributed by atoms with Crippen LogP contribution < -0.4 is 10.1 Å². The number of ether oxygens (including phenoxy) is 1. The number of benzene rings is 3. The number of nitrogens with zero attached hydrogens (tertiary/aromatic N) is 3. The molecule has 1 unspecified atom stereocenters. The molecule has 0 aliphatic rings. The van der Waals surface area contributed by atoms with Crippen LogP contribution in [0.3, 0.4) is 0 Å². The quantitative estimate of drug-likeness (QED) is 0.0724. The number of fused-ring (bicyclic) bond motifs is 1. The number of carbonyl (C=O) groups excluding carboxylic acids is 2. The fourth-order valence-corrected chi connectivity index (χ4v) is 7.35. The number of rotatable bonds is 17. The Balaban J connectivity index is 1.27. The summed E-state index contributed by atoms with van der Waals surface area (Å²) < 4.78 is 49.3. The number of nitrogens with one attached hydrogen (secondary N) is 1. The SMILES string of the molecule is CCPC(=O)CCCSC(=O)N(CCS(C)(=O)=O)Cc1ccc(-c2ccc3ncnc(Nc4ccc(OCc5cccc(F)c5)c(Cl)c4)c3c2)o1. The number of amides is 1. The molecular weight excluding hydrogens is 734 g/mol. The minimum Gasteiger partial charge on any atom is -0.487 e. The minimum atomic E-state index is -3.31. The van der Waals surface area contributed by atoms with Crippen molar-refractivity contribution in [3.05, 3.63) is 101 Å². The van der Waals surface area contributed by atoms with Gasteiger partial charge >= 0.3 is 0 Å². The standard InChI is InChI=1S/C36H37ClFN4O6PS2/c1-3-49-34(43)8-5-16-50-36(44)42(15-17-51(2,45)46)21-28-11-14-32(48-28)25-9-12-31-29(19-25)35(40-23-39-31)41-27-10-13-33(30(37)20-27)47-22-24-6-4-7-26(38)18-24/h4,6-7,9-14,18-20,23,49H,3,5,8,15-17,21-22H2,1-2H3,(H,39,40,41). The van der Waals surface area contributed by atoms with Gasteiger partial charge in [0.05, 0.1) is 22.8 Å². The third-order valence-corrected chi connectivity index (χ3v) is 10.8. The van der Waals surface area contributed by atoms with Crippen LogP contribution in [0.15, 0.2) is 83.5 Å². The van der Waals surface area contributed by atoms with E-state index in [0.717, 1.165) is 35.1 Å². The molecule has 2 aromatic heterocycles. The normalized spacial score (nSPS) is 11.7. The van der Waals surface area contributed by atoms with E-state index >= 15 is 0 Å². The monoisotopic (exact) mass is 770 g/mol. The van der Waals surface area contributed by atoms with Crippen LogP contribution in [0.2, 0.25) is 5.02 Å². The van der Waals surface area contributed by atoms with E-state index in [2.05, 4.69) is 15.3 Å². The Labute approximate surface area is 307 Å². The minimum absolute atomic E-state index is 0.0172. The van der Waals surface area contributed by atoms with Gasteiger partial charge in [-0.3, -0.25) is 9.59 Å². The van der Waals surface area contributed by atoms with Crippen molar-refractivity contribution in [2.75, 3.05) is 35.8 Å². The second-order valence-corrected chi connectivity index (χ2v) is 17.0. The van der Waals surface area contributed by atoms with Crippen LogP contribution in [-0.4, -0.2) is 64.5 Å². The lowest BCUT2D eigenvalue weighted by Gasteiger charge is -2.20. The highest BCUT2D eigenvalue weighted by molar-refractivity contribution is 8.13. The Morgan fingerprint density at radius 1 is 1.08 bits per heavy atom. The van der Waals surface area contributed by atoms with Gasteiger partial charge in [-0.05, 0) is 78.8 Å². The molecule has 2 heterocycles. The van der Waals surface area contributed by atoms with Crippen molar-refractivity contribution in [3.63, 3.8) is 0 Å². The van der Waals surface area contributed by atoms with Crippen LogP contribution in [0.4, 0.5) is 20.7 Å². The second kappa shape index (κ2) is 17.9. The molecule has 1 atom stereocenters. The molecule has 0 spiro atoms. The van der Waals surface area contributed by atoms with Crippen LogP contribution in [0, 0.1) is 5.82 Å². The van der Waals surface area contributed by atoms with E-state index in [0.29, 0.717) is 63.5 Å². The third-order valence-electron chi connectivity index (χ3n) is 7.54. The molecular formula is C36H37ClFN4O6PS2. The molecule has 0 aliphatic carbocycles.